The van der Waals surface area contributed by atoms with Crippen molar-refractivity contribution in [2.24, 2.45) is 5.41 Å². The molecule has 1 aliphatic heterocycles. The zero-order valence-electron chi connectivity index (χ0n) is 11.8. The largest absolute Gasteiger partial charge is 0.361 e. The van der Waals surface area contributed by atoms with Crippen LogP contribution in [0.1, 0.15) is 44.1 Å². The fourth-order valence-corrected chi connectivity index (χ4v) is 2.83. The number of aromatic nitrogens is 1. The van der Waals surface area contributed by atoms with E-state index in [4.69, 9.17) is 4.52 Å². The van der Waals surface area contributed by atoms with Gasteiger partial charge in [-0.2, -0.15) is 0 Å². The molecule has 1 saturated heterocycles. The van der Waals surface area contributed by atoms with E-state index in [0.717, 1.165) is 50.2 Å². The van der Waals surface area contributed by atoms with E-state index in [0.29, 0.717) is 6.54 Å². The molecule has 5 heteroatoms. The van der Waals surface area contributed by atoms with Crippen molar-refractivity contribution in [1.29, 1.82) is 0 Å². The van der Waals surface area contributed by atoms with Crippen LogP contribution >= 0.6 is 0 Å². The number of hydrogen-bond donors (Lipinski definition) is 2. The summed E-state index contributed by atoms with van der Waals surface area (Å²) in [6.07, 6.45) is 3.84. The first-order valence-electron chi connectivity index (χ1n) is 7.07. The summed E-state index contributed by atoms with van der Waals surface area (Å²) in [7, 11) is 0. The van der Waals surface area contributed by atoms with E-state index < -0.39 is 0 Å². The van der Waals surface area contributed by atoms with Crippen LogP contribution in [0.3, 0.4) is 0 Å². The first kappa shape index (κ1) is 14.1. The van der Waals surface area contributed by atoms with Crippen LogP contribution in [0.15, 0.2) is 10.6 Å². The van der Waals surface area contributed by atoms with Gasteiger partial charge in [0.25, 0.3) is 0 Å². The van der Waals surface area contributed by atoms with Gasteiger partial charge in [-0.15, -0.1) is 0 Å². The highest BCUT2D eigenvalue weighted by molar-refractivity contribution is 5.82. The molecule has 1 aliphatic rings. The summed E-state index contributed by atoms with van der Waals surface area (Å²) in [4.78, 5) is 12.5. The number of carbonyl (C=O) groups excluding carboxylic acids is 1. The number of amides is 1. The molecular formula is C14H23N3O2. The molecule has 0 aromatic carbocycles. The van der Waals surface area contributed by atoms with Crippen molar-refractivity contribution in [2.75, 3.05) is 13.1 Å². The van der Waals surface area contributed by atoms with Crippen LogP contribution in [0.2, 0.25) is 0 Å². The second-order valence-corrected chi connectivity index (χ2v) is 5.39. The molecule has 1 fully saturated rings. The first-order chi connectivity index (χ1) is 9.16. The molecule has 1 amide bonds. The van der Waals surface area contributed by atoms with Crippen LogP contribution in [0.5, 0.6) is 0 Å². The van der Waals surface area contributed by atoms with Crippen molar-refractivity contribution in [3.63, 3.8) is 0 Å². The highest BCUT2D eigenvalue weighted by Gasteiger charge is 2.38. The van der Waals surface area contributed by atoms with Crippen molar-refractivity contribution >= 4 is 5.91 Å². The number of aryl methyl sites for hydroxylation is 1. The van der Waals surface area contributed by atoms with E-state index >= 15 is 0 Å². The Bertz CT molecular complexity index is 417. The molecule has 1 aromatic rings. The second kappa shape index (κ2) is 6.19. The third-order valence-corrected chi connectivity index (χ3v) is 3.88. The predicted octanol–water partition coefficient (Wildman–Crippen LogP) is 1.77. The second-order valence-electron chi connectivity index (χ2n) is 5.39. The van der Waals surface area contributed by atoms with Crippen molar-refractivity contribution in [3.05, 3.63) is 17.5 Å². The maximum Gasteiger partial charge on any atom is 0.226 e. The molecule has 5 nitrogen and oxygen atoms in total. The minimum Gasteiger partial charge on any atom is -0.361 e. The summed E-state index contributed by atoms with van der Waals surface area (Å²) < 4.78 is 5.00. The molecule has 0 spiro atoms. The lowest BCUT2D eigenvalue weighted by Gasteiger charge is -2.36. The fourth-order valence-electron chi connectivity index (χ4n) is 2.83. The Morgan fingerprint density at radius 2 is 2.26 bits per heavy atom. The molecule has 19 heavy (non-hydrogen) atoms. The van der Waals surface area contributed by atoms with Gasteiger partial charge in [0.1, 0.15) is 11.5 Å². The van der Waals surface area contributed by atoms with E-state index in [1.165, 1.54) is 0 Å². The van der Waals surface area contributed by atoms with E-state index in [1.54, 1.807) is 0 Å². The summed E-state index contributed by atoms with van der Waals surface area (Å²) in [5, 5.41) is 10.2. The zero-order valence-corrected chi connectivity index (χ0v) is 11.8. The highest BCUT2D eigenvalue weighted by Crippen LogP contribution is 2.34. The summed E-state index contributed by atoms with van der Waals surface area (Å²) in [6, 6.07) is 1.86. The number of carbonyl (C=O) groups is 1. The minimum atomic E-state index is -0.196. The van der Waals surface area contributed by atoms with Crippen LogP contribution in [-0.2, 0) is 11.3 Å². The normalized spacial score (nSPS) is 18.2. The quantitative estimate of drug-likeness (QED) is 0.851. The summed E-state index contributed by atoms with van der Waals surface area (Å²) in [6.45, 7) is 6.30. The van der Waals surface area contributed by atoms with Crippen molar-refractivity contribution in [1.82, 2.24) is 15.8 Å². The summed E-state index contributed by atoms with van der Waals surface area (Å²) >= 11 is 0. The van der Waals surface area contributed by atoms with Crippen molar-refractivity contribution in [3.8, 4) is 0 Å². The van der Waals surface area contributed by atoms with Gasteiger partial charge in [-0.1, -0.05) is 18.5 Å². The Morgan fingerprint density at radius 3 is 2.84 bits per heavy atom. The van der Waals surface area contributed by atoms with E-state index in [1.807, 2.05) is 13.0 Å². The van der Waals surface area contributed by atoms with Crippen molar-refractivity contribution in [2.45, 2.75) is 46.1 Å². The molecule has 2 heterocycles. The molecule has 0 bridgehead atoms. The monoisotopic (exact) mass is 265 g/mol. The minimum absolute atomic E-state index is 0.163. The van der Waals surface area contributed by atoms with Crippen LogP contribution in [0, 0.1) is 12.3 Å². The van der Waals surface area contributed by atoms with E-state index in [9.17, 15) is 4.79 Å². The lowest BCUT2D eigenvalue weighted by Crippen LogP contribution is -2.47. The van der Waals surface area contributed by atoms with Crippen LogP contribution < -0.4 is 10.6 Å². The maximum absolute atomic E-state index is 12.5. The molecular weight excluding hydrogens is 242 g/mol. The predicted molar refractivity (Wildman–Crippen MR) is 72.5 cm³/mol. The Kier molecular flexibility index (Phi) is 4.58. The lowest BCUT2D eigenvalue weighted by atomic mass is 9.74. The van der Waals surface area contributed by atoms with Gasteiger partial charge in [-0.25, -0.2) is 0 Å². The fraction of sp³-hybridized carbons (Fsp3) is 0.714. The molecule has 1 aromatic heterocycles. The first-order valence-corrected chi connectivity index (χ1v) is 7.07. The smallest absolute Gasteiger partial charge is 0.226 e. The molecule has 0 atom stereocenters. The molecule has 106 valence electrons. The third-order valence-electron chi connectivity index (χ3n) is 3.88. The summed E-state index contributed by atoms with van der Waals surface area (Å²) in [5.41, 5.74) is 0.588. The average Bonchev–Trinajstić information content (AvgIpc) is 2.83. The summed E-state index contributed by atoms with van der Waals surface area (Å²) in [5.74, 6) is 0.936. The average molecular weight is 265 g/mol. The van der Waals surface area contributed by atoms with Gasteiger partial charge in [0.15, 0.2) is 0 Å². The number of piperidine rings is 1. The topological polar surface area (TPSA) is 67.2 Å². The molecule has 2 N–H and O–H groups in total. The molecule has 0 saturated carbocycles. The number of rotatable bonds is 5. The van der Waals surface area contributed by atoms with Crippen LogP contribution in [0.25, 0.3) is 0 Å². The molecule has 0 unspecified atom stereocenters. The number of nitrogens with one attached hydrogen (secondary N) is 2. The molecule has 0 aliphatic carbocycles. The standard InChI is InChI=1S/C14H23N3O2/c1-3-4-14(5-7-15-8-6-14)13(18)16-10-12-9-11(2)19-17-12/h9,15H,3-8,10H2,1-2H3,(H,16,18). The van der Waals surface area contributed by atoms with E-state index in [2.05, 4.69) is 22.7 Å². The van der Waals surface area contributed by atoms with Gasteiger partial charge in [0, 0.05) is 6.07 Å². The number of hydrogen-bond acceptors (Lipinski definition) is 4. The Balaban J connectivity index is 1.95. The van der Waals surface area contributed by atoms with Crippen LogP contribution in [-0.4, -0.2) is 24.2 Å². The maximum atomic E-state index is 12.5. The van der Waals surface area contributed by atoms with Gasteiger partial charge in [-0.3, -0.25) is 4.79 Å². The SMILES string of the molecule is CCCC1(C(=O)NCc2cc(C)on2)CCNCC1. The zero-order chi connectivity index (χ0) is 13.7. The van der Waals surface area contributed by atoms with Crippen molar-refractivity contribution < 1.29 is 9.32 Å². The van der Waals surface area contributed by atoms with Gasteiger partial charge in [0.2, 0.25) is 5.91 Å². The third kappa shape index (κ3) is 3.35. The van der Waals surface area contributed by atoms with Gasteiger partial charge < -0.3 is 15.2 Å². The Morgan fingerprint density at radius 1 is 1.53 bits per heavy atom. The van der Waals surface area contributed by atoms with Gasteiger partial charge in [-0.05, 0) is 39.3 Å². The molecule has 0 radical (unpaired) electrons. The number of nitrogens with zero attached hydrogens (tertiary/aromatic N) is 1. The van der Waals surface area contributed by atoms with Gasteiger partial charge >= 0.3 is 0 Å². The van der Waals surface area contributed by atoms with Crippen LogP contribution in [0.4, 0.5) is 0 Å². The highest BCUT2D eigenvalue weighted by atomic mass is 16.5. The van der Waals surface area contributed by atoms with E-state index in [-0.39, 0.29) is 11.3 Å². The Labute approximate surface area is 114 Å². The Hall–Kier alpha value is -1.36. The van der Waals surface area contributed by atoms with Gasteiger partial charge in [0.05, 0.1) is 12.0 Å². The molecule has 2 rings (SSSR count). The lowest BCUT2D eigenvalue weighted by molar-refractivity contribution is -0.133.